The van der Waals surface area contributed by atoms with Crippen LogP contribution in [0.5, 0.6) is 5.75 Å². The molecule has 2 aromatic carbocycles. The molecule has 1 N–H and O–H groups in total. The SMILES string of the molecule is COC(=O)[C@@H]1N[C@H](c2ccc([N+](=O)[O-])cc2)[C@@H]2C(=O)N(c3ccc(OC)cc3)C(=O)[C@@H]21. The van der Waals surface area contributed by atoms with E-state index in [9.17, 15) is 24.5 Å². The summed E-state index contributed by atoms with van der Waals surface area (Å²) in [5.41, 5.74) is 0.831. The topological polar surface area (TPSA) is 128 Å². The average molecular weight is 425 g/mol. The fourth-order valence-electron chi connectivity index (χ4n) is 4.25. The number of hydrogen-bond acceptors (Lipinski definition) is 8. The van der Waals surface area contributed by atoms with E-state index in [2.05, 4.69) is 5.32 Å². The number of hydrogen-bond donors (Lipinski definition) is 1. The highest BCUT2D eigenvalue weighted by atomic mass is 16.6. The summed E-state index contributed by atoms with van der Waals surface area (Å²) in [4.78, 5) is 50.5. The summed E-state index contributed by atoms with van der Waals surface area (Å²) in [5, 5.41) is 14.0. The molecular weight excluding hydrogens is 406 g/mol. The summed E-state index contributed by atoms with van der Waals surface area (Å²) in [6.45, 7) is 0. The molecule has 2 heterocycles. The Balaban J connectivity index is 1.73. The van der Waals surface area contributed by atoms with Gasteiger partial charge in [-0.3, -0.25) is 29.8 Å². The number of anilines is 1. The zero-order valence-electron chi connectivity index (χ0n) is 16.7. The number of methoxy groups -OCH3 is 2. The second-order valence-corrected chi connectivity index (χ2v) is 7.26. The van der Waals surface area contributed by atoms with E-state index in [1.54, 1.807) is 24.3 Å². The number of carbonyl (C=O) groups is 3. The largest absolute Gasteiger partial charge is 0.497 e. The number of amides is 2. The number of esters is 1. The molecule has 2 saturated heterocycles. The van der Waals surface area contributed by atoms with Crippen LogP contribution in [0.1, 0.15) is 11.6 Å². The number of benzene rings is 2. The minimum atomic E-state index is -1.02. The molecule has 10 nitrogen and oxygen atoms in total. The quantitative estimate of drug-likeness (QED) is 0.331. The summed E-state index contributed by atoms with van der Waals surface area (Å²) >= 11 is 0. The summed E-state index contributed by atoms with van der Waals surface area (Å²) in [5.74, 6) is -2.87. The highest BCUT2D eigenvalue weighted by Crippen LogP contribution is 2.45. The van der Waals surface area contributed by atoms with Crippen LogP contribution in [0, 0.1) is 22.0 Å². The summed E-state index contributed by atoms with van der Waals surface area (Å²) in [7, 11) is 2.72. The number of nitro benzene ring substituents is 1. The van der Waals surface area contributed by atoms with Crippen molar-refractivity contribution in [3.05, 3.63) is 64.2 Å². The van der Waals surface area contributed by atoms with Crippen LogP contribution in [-0.2, 0) is 19.1 Å². The number of fused-ring (bicyclic) bond motifs is 1. The fourth-order valence-corrected chi connectivity index (χ4v) is 4.25. The van der Waals surface area contributed by atoms with Crippen molar-refractivity contribution in [1.29, 1.82) is 0 Å². The van der Waals surface area contributed by atoms with E-state index in [4.69, 9.17) is 9.47 Å². The lowest BCUT2D eigenvalue weighted by Gasteiger charge is -2.22. The summed E-state index contributed by atoms with van der Waals surface area (Å²) in [6.07, 6.45) is 0. The number of carbonyl (C=O) groups excluding carboxylic acids is 3. The van der Waals surface area contributed by atoms with E-state index >= 15 is 0 Å². The molecule has 0 bridgehead atoms. The third kappa shape index (κ3) is 3.30. The van der Waals surface area contributed by atoms with Gasteiger partial charge in [-0.25, -0.2) is 4.90 Å². The van der Waals surface area contributed by atoms with Crippen LogP contribution in [0.25, 0.3) is 0 Å². The van der Waals surface area contributed by atoms with Gasteiger partial charge < -0.3 is 9.47 Å². The van der Waals surface area contributed by atoms with Crippen molar-refractivity contribution >= 4 is 29.2 Å². The van der Waals surface area contributed by atoms with E-state index < -0.39 is 46.6 Å². The number of imide groups is 1. The predicted molar refractivity (Wildman–Crippen MR) is 107 cm³/mol. The Morgan fingerprint density at radius 3 is 2.16 bits per heavy atom. The Morgan fingerprint density at radius 2 is 1.61 bits per heavy atom. The second-order valence-electron chi connectivity index (χ2n) is 7.26. The van der Waals surface area contributed by atoms with Gasteiger partial charge in [0.05, 0.1) is 36.7 Å². The molecule has 2 amide bonds. The third-order valence-corrected chi connectivity index (χ3v) is 5.72. The maximum absolute atomic E-state index is 13.3. The monoisotopic (exact) mass is 425 g/mol. The van der Waals surface area contributed by atoms with E-state index in [-0.39, 0.29) is 5.69 Å². The van der Waals surface area contributed by atoms with Crippen molar-refractivity contribution in [2.75, 3.05) is 19.1 Å². The number of nitrogens with one attached hydrogen (secondary N) is 1. The molecule has 0 aliphatic carbocycles. The minimum Gasteiger partial charge on any atom is -0.497 e. The Hall–Kier alpha value is -3.79. The van der Waals surface area contributed by atoms with Gasteiger partial charge >= 0.3 is 5.97 Å². The molecule has 0 saturated carbocycles. The van der Waals surface area contributed by atoms with Crippen molar-refractivity contribution in [1.82, 2.24) is 5.32 Å². The van der Waals surface area contributed by atoms with E-state index in [1.165, 1.54) is 38.5 Å². The molecule has 10 heteroatoms. The van der Waals surface area contributed by atoms with Crippen LogP contribution < -0.4 is 15.0 Å². The van der Waals surface area contributed by atoms with Gasteiger partial charge in [-0.15, -0.1) is 0 Å². The van der Waals surface area contributed by atoms with Crippen LogP contribution in [0.2, 0.25) is 0 Å². The molecule has 160 valence electrons. The van der Waals surface area contributed by atoms with Crippen LogP contribution in [0.4, 0.5) is 11.4 Å². The summed E-state index contributed by atoms with van der Waals surface area (Å²) in [6, 6.07) is 10.4. The molecule has 0 aromatic heterocycles. The molecule has 2 aromatic rings. The number of ether oxygens (including phenoxy) is 2. The Labute approximate surface area is 176 Å². The second kappa shape index (κ2) is 7.80. The normalized spacial score (nSPS) is 24.8. The average Bonchev–Trinajstić information content (AvgIpc) is 3.30. The lowest BCUT2D eigenvalue weighted by atomic mass is 9.86. The minimum absolute atomic E-state index is 0.100. The predicted octanol–water partition coefficient (Wildman–Crippen LogP) is 1.60. The first kappa shape index (κ1) is 20.5. The lowest BCUT2D eigenvalue weighted by Crippen LogP contribution is -2.43. The van der Waals surface area contributed by atoms with E-state index in [0.717, 1.165) is 4.90 Å². The molecule has 4 atom stereocenters. The number of rotatable bonds is 5. The van der Waals surface area contributed by atoms with Gasteiger partial charge in [0.15, 0.2) is 0 Å². The summed E-state index contributed by atoms with van der Waals surface area (Å²) < 4.78 is 9.96. The zero-order valence-corrected chi connectivity index (χ0v) is 16.7. The molecule has 2 fully saturated rings. The van der Waals surface area contributed by atoms with Gasteiger partial charge in [0, 0.05) is 18.2 Å². The standard InChI is InChI=1S/C21H19N3O7/c1-30-14-9-7-12(8-10-14)23-19(25)15-16(20(23)26)18(21(27)31-2)22-17(15)11-3-5-13(6-4-11)24(28)29/h3-10,15-18,22H,1-2H3/t15-,16+,17-,18-/m1/s1. The highest BCUT2D eigenvalue weighted by molar-refractivity contribution is 6.23. The number of nitrogens with zero attached hydrogens (tertiary/aromatic N) is 2. The number of non-ortho nitro benzene ring substituents is 1. The van der Waals surface area contributed by atoms with Gasteiger partial charge in [0.1, 0.15) is 11.8 Å². The molecule has 31 heavy (non-hydrogen) atoms. The van der Waals surface area contributed by atoms with Crippen molar-refractivity contribution in [3.63, 3.8) is 0 Å². The third-order valence-electron chi connectivity index (χ3n) is 5.72. The van der Waals surface area contributed by atoms with Gasteiger partial charge in [0.25, 0.3) is 5.69 Å². The van der Waals surface area contributed by atoms with Gasteiger partial charge in [0.2, 0.25) is 11.8 Å². The fraction of sp³-hybridized carbons (Fsp3) is 0.286. The number of nitro groups is 1. The Kier molecular flexibility index (Phi) is 5.15. The molecule has 4 rings (SSSR count). The zero-order chi connectivity index (χ0) is 22.3. The van der Waals surface area contributed by atoms with Crippen LogP contribution in [0.15, 0.2) is 48.5 Å². The van der Waals surface area contributed by atoms with Crippen LogP contribution >= 0.6 is 0 Å². The first-order valence-electron chi connectivity index (χ1n) is 9.47. The Morgan fingerprint density at radius 1 is 1.00 bits per heavy atom. The maximum atomic E-state index is 13.3. The first-order valence-corrected chi connectivity index (χ1v) is 9.47. The van der Waals surface area contributed by atoms with Crippen molar-refractivity contribution < 1.29 is 28.8 Å². The van der Waals surface area contributed by atoms with Crippen LogP contribution in [0.3, 0.4) is 0 Å². The highest BCUT2D eigenvalue weighted by Gasteiger charge is 2.61. The molecular formula is C21H19N3O7. The molecule has 2 aliphatic rings. The smallest absolute Gasteiger partial charge is 0.323 e. The molecule has 0 unspecified atom stereocenters. The van der Waals surface area contributed by atoms with Crippen LogP contribution in [-0.4, -0.2) is 43.0 Å². The van der Waals surface area contributed by atoms with Gasteiger partial charge in [-0.2, -0.15) is 0 Å². The maximum Gasteiger partial charge on any atom is 0.323 e. The first-order chi connectivity index (χ1) is 14.9. The molecule has 0 radical (unpaired) electrons. The van der Waals surface area contributed by atoms with E-state index in [0.29, 0.717) is 17.0 Å². The molecule has 2 aliphatic heterocycles. The Bertz CT molecular complexity index is 1050. The lowest BCUT2D eigenvalue weighted by molar-refractivity contribution is -0.384. The van der Waals surface area contributed by atoms with Gasteiger partial charge in [-0.1, -0.05) is 12.1 Å². The van der Waals surface area contributed by atoms with Gasteiger partial charge in [-0.05, 0) is 29.8 Å². The molecule has 0 spiro atoms. The van der Waals surface area contributed by atoms with E-state index in [1.807, 2.05) is 0 Å². The van der Waals surface area contributed by atoms with Crippen molar-refractivity contribution in [3.8, 4) is 5.75 Å². The van der Waals surface area contributed by atoms with Crippen molar-refractivity contribution in [2.24, 2.45) is 11.8 Å². The van der Waals surface area contributed by atoms with Crippen molar-refractivity contribution in [2.45, 2.75) is 12.1 Å².